The van der Waals surface area contributed by atoms with Crippen LogP contribution >= 0.6 is 0 Å². The van der Waals surface area contributed by atoms with Crippen molar-refractivity contribution in [2.24, 2.45) is 0 Å². The van der Waals surface area contributed by atoms with E-state index in [-0.39, 0.29) is 18.1 Å². The summed E-state index contributed by atoms with van der Waals surface area (Å²) < 4.78 is 44.1. The topological polar surface area (TPSA) is 96.6 Å². The van der Waals surface area contributed by atoms with Gasteiger partial charge < -0.3 is 9.42 Å². The first-order chi connectivity index (χ1) is 14.2. The molecule has 30 heavy (non-hydrogen) atoms. The second-order valence-electron chi connectivity index (χ2n) is 6.78. The zero-order chi connectivity index (χ0) is 21.9. The van der Waals surface area contributed by atoms with Gasteiger partial charge in [-0.2, -0.15) is 4.98 Å². The van der Waals surface area contributed by atoms with Crippen LogP contribution in [0, 0.1) is 5.82 Å². The summed E-state index contributed by atoms with van der Waals surface area (Å²) in [6.07, 6.45) is 0.990. The first kappa shape index (κ1) is 21.4. The number of rotatable bonds is 7. The Morgan fingerprint density at radius 1 is 1.13 bits per heavy atom. The minimum Gasteiger partial charge on any atom is -0.337 e. The Bertz CT molecular complexity index is 1120. The number of hydrogen-bond acceptors (Lipinski definition) is 6. The number of likely N-dealkylation sites (N-methyl/N-ethyl adjacent to an activating group) is 1. The van der Waals surface area contributed by atoms with Crippen LogP contribution < -0.4 is 4.31 Å². The predicted molar refractivity (Wildman–Crippen MR) is 109 cm³/mol. The fourth-order valence-electron chi connectivity index (χ4n) is 3.01. The van der Waals surface area contributed by atoms with Gasteiger partial charge in [0.15, 0.2) is 0 Å². The molecule has 0 aliphatic carbocycles. The zero-order valence-electron chi connectivity index (χ0n) is 16.7. The van der Waals surface area contributed by atoms with E-state index in [1.165, 1.54) is 31.0 Å². The molecule has 1 aromatic heterocycles. The Morgan fingerprint density at radius 3 is 2.37 bits per heavy atom. The van der Waals surface area contributed by atoms with Crippen LogP contribution in [0.2, 0.25) is 0 Å². The lowest BCUT2D eigenvalue weighted by atomic mass is 10.2. The van der Waals surface area contributed by atoms with E-state index in [1.54, 1.807) is 0 Å². The van der Waals surface area contributed by atoms with Crippen LogP contribution in [0.15, 0.2) is 59.1 Å². The summed E-state index contributed by atoms with van der Waals surface area (Å²) in [6, 6.07) is 13.1. The normalized spacial score (nSPS) is 12.4. The number of anilines is 1. The molecule has 0 radical (unpaired) electrons. The van der Waals surface area contributed by atoms with E-state index >= 15 is 0 Å². The van der Waals surface area contributed by atoms with Gasteiger partial charge in [0, 0.05) is 12.6 Å². The first-order valence-electron chi connectivity index (χ1n) is 9.05. The average Bonchev–Trinajstić information content (AvgIpc) is 3.17. The molecular weight excluding hydrogens is 411 g/mol. The first-order valence-corrected chi connectivity index (χ1v) is 10.9. The second kappa shape index (κ2) is 8.62. The number of hydrogen-bond donors (Lipinski definition) is 0. The number of carbonyl (C=O) groups is 1. The van der Waals surface area contributed by atoms with Crippen molar-refractivity contribution in [1.29, 1.82) is 0 Å². The Balaban J connectivity index is 1.77. The van der Waals surface area contributed by atoms with Crippen molar-refractivity contribution in [2.75, 3.05) is 17.6 Å². The second-order valence-corrected chi connectivity index (χ2v) is 8.64. The highest BCUT2D eigenvalue weighted by molar-refractivity contribution is 7.92. The Morgan fingerprint density at radius 2 is 1.77 bits per heavy atom. The van der Waals surface area contributed by atoms with Crippen LogP contribution in [0.1, 0.15) is 12.8 Å². The quantitative estimate of drug-likeness (QED) is 0.570. The van der Waals surface area contributed by atoms with Crippen LogP contribution in [0.4, 0.5) is 10.1 Å². The summed E-state index contributed by atoms with van der Waals surface area (Å²) in [4.78, 5) is 18.5. The largest absolute Gasteiger partial charge is 0.337 e. The van der Waals surface area contributed by atoms with E-state index in [0.717, 1.165) is 28.3 Å². The van der Waals surface area contributed by atoms with Crippen LogP contribution in [-0.4, -0.2) is 48.7 Å². The number of carbonyl (C=O) groups excluding carboxylic acids is 1. The fraction of sp³-hybridized carbons (Fsp3) is 0.250. The molecule has 0 saturated heterocycles. The van der Waals surface area contributed by atoms with Gasteiger partial charge >= 0.3 is 0 Å². The van der Waals surface area contributed by atoms with Crippen molar-refractivity contribution in [3.05, 3.63) is 66.3 Å². The van der Waals surface area contributed by atoms with Crippen molar-refractivity contribution in [3.63, 3.8) is 0 Å². The fourth-order valence-corrected chi connectivity index (χ4v) is 4.18. The molecule has 0 N–H and O–H groups in total. The van der Waals surface area contributed by atoms with Crippen LogP contribution in [-0.2, 0) is 21.4 Å². The molecule has 1 atom stereocenters. The third-order valence-corrected chi connectivity index (χ3v) is 5.64. The molecule has 0 bridgehead atoms. The maximum atomic E-state index is 13.2. The lowest BCUT2D eigenvalue weighted by molar-refractivity contribution is -0.131. The lowest BCUT2D eigenvalue weighted by Crippen LogP contribution is -2.48. The van der Waals surface area contributed by atoms with E-state index in [1.807, 2.05) is 30.3 Å². The van der Waals surface area contributed by atoms with Crippen LogP contribution in [0.25, 0.3) is 11.4 Å². The van der Waals surface area contributed by atoms with Gasteiger partial charge in [0.2, 0.25) is 27.6 Å². The van der Waals surface area contributed by atoms with E-state index in [0.29, 0.717) is 5.82 Å². The zero-order valence-corrected chi connectivity index (χ0v) is 17.5. The van der Waals surface area contributed by atoms with Crippen molar-refractivity contribution in [2.45, 2.75) is 19.5 Å². The molecule has 1 amide bonds. The molecule has 0 saturated carbocycles. The van der Waals surface area contributed by atoms with Gasteiger partial charge in [-0.3, -0.25) is 9.10 Å². The highest BCUT2D eigenvalue weighted by Crippen LogP contribution is 2.22. The number of benzene rings is 2. The minimum atomic E-state index is -3.80. The summed E-state index contributed by atoms with van der Waals surface area (Å²) in [5.74, 6) is -0.383. The average molecular weight is 432 g/mol. The van der Waals surface area contributed by atoms with Crippen LogP contribution in [0.5, 0.6) is 0 Å². The van der Waals surface area contributed by atoms with Gasteiger partial charge in [-0.15, -0.1) is 0 Å². The molecule has 3 rings (SSSR count). The van der Waals surface area contributed by atoms with Crippen LogP contribution in [0.3, 0.4) is 0 Å². The van der Waals surface area contributed by atoms with Gasteiger partial charge in [-0.25, -0.2) is 12.8 Å². The SMILES string of the molecule is C[C@@H](C(=O)N(C)Cc1nc(-c2ccccc2)no1)N(c1ccc(F)cc1)S(C)(=O)=O. The van der Waals surface area contributed by atoms with Crippen molar-refractivity contribution < 1.29 is 22.1 Å². The van der Waals surface area contributed by atoms with E-state index in [2.05, 4.69) is 10.1 Å². The molecule has 8 nitrogen and oxygen atoms in total. The van der Waals surface area contributed by atoms with E-state index in [9.17, 15) is 17.6 Å². The van der Waals surface area contributed by atoms with Crippen molar-refractivity contribution >= 4 is 21.6 Å². The Labute approximate surface area is 174 Å². The molecule has 10 heteroatoms. The van der Waals surface area contributed by atoms with Crippen molar-refractivity contribution in [3.8, 4) is 11.4 Å². The Hall–Kier alpha value is -3.27. The summed E-state index contributed by atoms with van der Waals surface area (Å²) in [5, 5.41) is 3.91. The molecule has 1 heterocycles. The molecule has 0 fully saturated rings. The van der Waals surface area contributed by atoms with E-state index < -0.39 is 27.8 Å². The third-order valence-electron chi connectivity index (χ3n) is 4.40. The molecule has 2 aromatic carbocycles. The van der Waals surface area contributed by atoms with Crippen molar-refractivity contribution in [1.82, 2.24) is 15.0 Å². The number of halogens is 1. The number of amides is 1. The smallest absolute Gasteiger partial charge is 0.246 e. The third kappa shape index (κ3) is 4.82. The van der Waals surface area contributed by atoms with Gasteiger partial charge in [0.25, 0.3) is 0 Å². The highest BCUT2D eigenvalue weighted by atomic mass is 32.2. The Kier molecular flexibility index (Phi) is 6.16. The predicted octanol–water partition coefficient (Wildman–Crippen LogP) is 2.69. The molecular formula is C20H21FN4O4S. The van der Waals surface area contributed by atoms with Gasteiger partial charge in [-0.1, -0.05) is 35.5 Å². The molecule has 0 unspecified atom stereocenters. The lowest BCUT2D eigenvalue weighted by Gasteiger charge is -2.30. The standard InChI is InChI=1S/C20H21FN4O4S/c1-14(25(30(3,27)28)17-11-9-16(21)10-12-17)20(26)24(2)13-18-22-19(23-29-18)15-7-5-4-6-8-15/h4-12,14H,13H2,1-3H3/t14-/m0/s1. The maximum absolute atomic E-state index is 13.2. The molecule has 0 spiro atoms. The van der Waals surface area contributed by atoms with Gasteiger partial charge in [-0.05, 0) is 31.2 Å². The van der Waals surface area contributed by atoms with E-state index in [4.69, 9.17) is 4.52 Å². The summed E-state index contributed by atoms with van der Waals surface area (Å²) in [6.45, 7) is 1.47. The van der Waals surface area contributed by atoms with Gasteiger partial charge in [0.1, 0.15) is 11.9 Å². The maximum Gasteiger partial charge on any atom is 0.246 e. The molecule has 0 aliphatic heterocycles. The number of aromatic nitrogens is 2. The minimum absolute atomic E-state index is 0.00399. The summed E-state index contributed by atoms with van der Waals surface area (Å²) in [5.41, 5.74) is 0.965. The summed E-state index contributed by atoms with van der Waals surface area (Å²) >= 11 is 0. The molecule has 0 aliphatic rings. The highest BCUT2D eigenvalue weighted by Gasteiger charge is 2.31. The summed E-state index contributed by atoms with van der Waals surface area (Å²) in [7, 11) is -2.29. The monoisotopic (exact) mass is 432 g/mol. The van der Waals surface area contributed by atoms with Gasteiger partial charge in [0.05, 0.1) is 18.5 Å². The number of sulfonamides is 1. The molecule has 3 aromatic rings. The number of nitrogens with zero attached hydrogens (tertiary/aromatic N) is 4. The molecule has 158 valence electrons.